The fourth-order valence-corrected chi connectivity index (χ4v) is 8.71. The molecule has 1 fully saturated rings. The first kappa shape index (κ1) is 43.7. The molecule has 1 aromatic heterocycles. The van der Waals surface area contributed by atoms with Gasteiger partial charge in [-0.1, -0.05) is 54.6 Å². The second-order valence-electron chi connectivity index (χ2n) is 13.8. The summed E-state index contributed by atoms with van der Waals surface area (Å²) in [4.78, 5) is 27.9. The number of aromatic amines is 1. The maximum atomic E-state index is 13.4. The summed E-state index contributed by atoms with van der Waals surface area (Å²) in [6.45, 7) is 8.65. The lowest BCUT2D eigenvalue weighted by Crippen LogP contribution is -2.43. The van der Waals surface area contributed by atoms with Gasteiger partial charge < -0.3 is 37.5 Å². The van der Waals surface area contributed by atoms with Crippen LogP contribution >= 0.6 is 8.53 Å². The van der Waals surface area contributed by atoms with Gasteiger partial charge in [0.1, 0.15) is 35.4 Å². The molecule has 4 unspecified atom stereocenters. The number of aromatic nitrogens is 2. The summed E-state index contributed by atoms with van der Waals surface area (Å²) in [5, 5.41) is 9.40. The smallest absolute Gasteiger partial charge is 0.330 e. The summed E-state index contributed by atoms with van der Waals surface area (Å²) in [5.41, 5.74) is 0.0212. The summed E-state index contributed by atoms with van der Waals surface area (Å²) in [6.07, 6.45) is -2.18. The third kappa shape index (κ3) is 10.4. The summed E-state index contributed by atoms with van der Waals surface area (Å²) < 4.78 is 53.7. The van der Waals surface area contributed by atoms with E-state index < -0.39 is 49.9 Å². The molecular formula is C42H53N4O10P. The van der Waals surface area contributed by atoms with E-state index in [1.807, 2.05) is 107 Å². The van der Waals surface area contributed by atoms with Gasteiger partial charge in [0.15, 0.2) is 6.23 Å². The third-order valence-electron chi connectivity index (χ3n) is 9.52. The number of ether oxygens (including phenoxy) is 6. The number of benzene rings is 3. The van der Waals surface area contributed by atoms with E-state index in [9.17, 15) is 14.9 Å². The van der Waals surface area contributed by atoms with Gasteiger partial charge in [0.25, 0.3) is 14.1 Å². The van der Waals surface area contributed by atoms with Crippen LogP contribution in [0.25, 0.3) is 0 Å². The monoisotopic (exact) mass is 804 g/mol. The molecule has 0 saturated carbocycles. The summed E-state index contributed by atoms with van der Waals surface area (Å²) >= 11 is 0. The molecule has 306 valence electrons. The van der Waals surface area contributed by atoms with Gasteiger partial charge in [-0.3, -0.25) is 14.3 Å². The van der Waals surface area contributed by atoms with E-state index in [2.05, 4.69) is 15.7 Å². The summed E-state index contributed by atoms with van der Waals surface area (Å²) in [6, 6.07) is 28.6. The number of hydrogen-bond donors (Lipinski definition) is 1. The molecule has 5 atom stereocenters. The van der Waals surface area contributed by atoms with Crippen molar-refractivity contribution in [3.05, 3.63) is 129 Å². The number of rotatable bonds is 21. The molecular weight excluding hydrogens is 751 g/mol. The van der Waals surface area contributed by atoms with Gasteiger partial charge >= 0.3 is 5.69 Å². The molecule has 2 heterocycles. The summed E-state index contributed by atoms with van der Waals surface area (Å²) in [5.74, 6) is 1.36. The van der Waals surface area contributed by atoms with E-state index in [0.717, 1.165) is 16.7 Å². The highest BCUT2D eigenvalue weighted by molar-refractivity contribution is 7.44. The first-order valence-corrected chi connectivity index (χ1v) is 20.0. The lowest BCUT2D eigenvalue weighted by atomic mass is 9.80. The quantitative estimate of drug-likeness (QED) is 0.0583. The van der Waals surface area contributed by atoms with Crippen molar-refractivity contribution in [3.63, 3.8) is 0 Å². The molecule has 0 aliphatic carbocycles. The van der Waals surface area contributed by atoms with Crippen LogP contribution in [0.1, 0.15) is 57.0 Å². The number of methoxy groups -OCH3 is 3. The van der Waals surface area contributed by atoms with E-state index in [1.54, 1.807) is 21.3 Å². The predicted molar refractivity (Wildman–Crippen MR) is 215 cm³/mol. The minimum atomic E-state index is -1.82. The highest BCUT2D eigenvalue weighted by Crippen LogP contribution is 2.51. The lowest BCUT2D eigenvalue weighted by molar-refractivity contribution is -0.0991. The Bertz CT molecular complexity index is 1930. The van der Waals surface area contributed by atoms with E-state index >= 15 is 0 Å². The second-order valence-corrected chi connectivity index (χ2v) is 15.2. The minimum absolute atomic E-state index is 0.00318. The molecule has 1 saturated heterocycles. The Morgan fingerprint density at radius 1 is 0.825 bits per heavy atom. The van der Waals surface area contributed by atoms with Crippen LogP contribution in [0.15, 0.2) is 101 Å². The van der Waals surface area contributed by atoms with E-state index in [-0.39, 0.29) is 44.9 Å². The lowest BCUT2D eigenvalue weighted by Gasteiger charge is -2.39. The van der Waals surface area contributed by atoms with E-state index in [1.165, 1.54) is 16.8 Å². The minimum Gasteiger partial charge on any atom is -0.497 e. The zero-order valence-corrected chi connectivity index (χ0v) is 34.4. The molecule has 1 aliphatic rings. The Balaban J connectivity index is 1.67. The fourth-order valence-electron chi connectivity index (χ4n) is 6.95. The normalized spacial score (nSPS) is 18.9. The third-order valence-corrected chi connectivity index (χ3v) is 11.6. The predicted octanol–water partition coefficient (Wildman–Crippen LogP) is 6.15. The van der Waals surface area contributed by atoms with Crippen LogP contribution in [0.5, 0.6) is 11.5 Å². The molecule has 0 spiro atoms. The number of nitriles is 1. The topological polar surface area (TPSA) is 156 Å². The van der Waals surface area contributed by atoms with Gasteiger partial charge in [0.05, 0.1) is 53.1 Å². The maximum absolute atomic E-state index is 13.4. The summed E-state index contributed by atoms with van der Waals surface area (Å²) in [7, 11) is 2.98. The molecule has 0 amide bonds. The Kier molecular flexibility index (Phi) is 16.0. The Morgan fingerprint density at radius 3 is 1.95 bits per heavy atom. The zero-order chi connectivity index (χ0) is 41.0. The molecule has 0 radical (unpaired) electrons. The van der Waals surface area contributed by atoms with Gasteiger partial charge in [-0.2, -0.15) is 5.26 Å². The van der Waals surface area contributed by atoms with Crippen LogP contribution in [-0.2, 0) is 33.6 Å². The highest BCUT2D eigenvalue weighted by atomic mass is 31.2. The van der Waals surface area contributed by atoms with Crippen LogP contribution < -0.4 is 20.7 Å². The van der Waals surface area contributed by atoms with Crippen molar-refractivity contribution in [1.82, 2.24) is 14.2 Å². The van der Waals surface area contributed by atoms with Crippen LogP contribution in [-0.4, -0.2) is 92.4 Å². The standard InChI is InChI=1S/C42H53N4O10P/c1-29(2)46(30(3)4)57(54-25-11-23-43)56-38-36(55-40(39(38)52-27-26-49-5)45-24-22-37(47)44-41(45)48)28-53-42(31-12-9-8-10-13-31,32-14-18-34(50-6)19-15-32)33-16-20-35(51-7)21-17-33/h8-10,12-22,24,29-30,36,38-40H,11,25-28H2,1-7H3,(H,44,47,48)/t36?,38-,39?,40?,57?/m0/s1. The van der Waals surface area contributed by atoms with E-state index in [4.69, 9.17) is 37.5 Å². The Morgan fingerprint density at radius 2 is 1.42 bits per heavy atom. The highest BCUT2D eigenvalue weighted by Gasteiger charge is 2.51. The van der Waals surface area contributed by atoms with Crippen molar-refractivity contribution < 1.29 is 37.5 Å². The molecule has 1 N–H and O–H groups in total. The fraction of sp³-hybridized carbons (Fsp3) is 0.452. The van der Waals surface area contributed by atoms with Crippen LogP contribution in [0.3, 0.4) is 0 Å². The molecule has 57 heavy (non-hydrogen) atoms. The molecule has 4 aromatic rings. The maximum Gasteiger partial charge on any atom is 0.330 e. The SMILES string of the molecule is COCCOC1C(n2ccc(=O)[nH]c2=O)OC(COC(c2ccccc2)(c2ccc(OC)cc2)c2ccc(OC)cc2)[C@@H]1OP(OCCC#N)N(C(C)C)C(C)C. The van der Waals surface area contributed by atoms with Crippen molar-refractivity contribution >= 4 is 8.53 Å². The second kappa shape index (κ2) is 20.8. The van der Waals surface area contributed by atoms with Crippen LogP contribution in [0.2, 0.25) is 0 Å². The number of nitrogens with zero attached hydrogens (tertiary/aromatic N) is 3. The van der Waals surface area contributed by atoms with Gasteiger partial charge in [-0.25, -0.2) is 9.46 Å². The van der Waals surface area contributed by atoms with Crippen molar-refractivity contribution in [2.75, 3.05) is 47.8 Å². The van der Waals surface area contributed by atoms with Crippen molar-refractivity contribution in [3.8, 4) is 17.6 Å². The van der Waals surface area contributed by atoms with Crippen molar-refractivity contribution in [2.45, 2.75) is 76.3 Å². The van der Waals surface area contributed by atoms with Gasteiger partial charge in [0.2, 0.25) is 0 Å². The van der Waals surface area contributed by atoms with Crippen LogP contribution in [0, 0.1) is 11.3 Å². The zero-order valence-electron chi connectivity index (χ0n) is 33.5. The van der Waals surface area contributed by atoms with Crippen LogP contribution in [0.4, 0.5) is 0 Å². The molecule has 3 aromatic carbocycles. The first-order chi connectivity index (χ1) is 27.6. The molecule has 5 rings (SSSR count). The largest absolute Gasteiger partial charge is 0.497 e. The molecule has 14 nitrogen and oxygen atoms in total. The van der Waals surface area contributed by atoms with Crippen molar-refractivity contribution in [2.24, 2.45) is 0 Å². The number of H-pyrrole nitrogens is 1. The van der Waals surface area contributed by atoms with E-state index in [0.29, 0.717) is 11.5 Å². The molecule has 15 heteroatoms. The number of nitrogens with one attached hydrogen (secondary N) is 1. The van der Waals surface area contributed by atoms with Gasteiger partial charge in [0, 0.05) is 31.5 Å². The van der Waals surface area contributed by atoms with Gasteiger partial charge in [-0.05, 0) is 68.7 Å². The Hall–Kier alpha value is -4.42. The average Bonchev–Trinajstić information content (AvgIpc) is 3.54. The first-order valence-electron chi connectivity index (χ1n) is 18.9. The van der Waals surface area contributed by atoms with Crippen molar-refractivity contribution in [1.29, 1.82) is 5.26 Å². The Labute approximate surface area is 335 Å². The average molecular weight is 805 g/mol. The van der Waals surface area contributed by atoms with Gasteiger partial charge in [-0.15, -0.1) is 0 Å². The molecule has 0 bridgehead atoms. The molecule has 1 aliphatic heterocycles. The number of hydrogen-bond acceptors (Lipinski definition) is 12.